The molecule has 0 aromatic heterocycles. The van der Waals surface area contributed by atoms with E-state index in [4.69, 9.17) is 5.73 Å². The molecule has 0 aliphatic rings. The van der Waals surface area contributed by atoms with Gasteiger partial charge in [0.1, 0.15) is 5.82 Å². The molecule has 0 saturated heterocycles. The number of aliphatic hydroxyl groups is 1. The zero-order valence-corrected chi connectivity index (χ0v) is 9.56. The number of hydrogen-bond donors (Lipinski definition) is 2. The molecule has 16 heavy (non-hydrogen) atoms. The normalized spacial score (nSPS) is 13.1. The molecule has 0 aliphatic heterocycles. The van der Waals surface area contributed by atoms with Gasteiger partial charge in [0.2, 0.25) is 0 Å². The number of benzene rings is 1. The molecule has 1 aromatic rings. The summed E-state index contributed by atoms with van der Waals surface area (Å²) in [4.78, 5) is 1.99. The fraction of sp³-hybridized carbons (Fsp3) is 0.500. The average Bonchev–Trinajstić information content (AvgIpc) is 2.26. The van der Waals surface area contributed by atoms with Crippen molar-refractivity contribution in [2.24, 2.45) is 5.73 Å². The molecule has 1 aromatic carbocycles. The van der Waals surface area contributed by atoms with Gasteiger partial charge in [-0.1, -0.05) is 12.1 Å². The topological polar surface area (TPSA) is 49.5 Å². The van der Waals surface area contributed by atoms with Crippen LogP contribution in [0.4, 0.5) is 4.39 Å². The lowest BCUT2D eigenvalue weighted by molar-refractivity contribution is 0.133. The molecule has 3 N–H and O–H groups in total. The van der Waals surface area contributed by atoms with Crippen molar-refractivity contribution in [3.63, 3.8) is 0 Å². The highest BCUT2D eigenvalue weighted by Crippen LogP contribution is 2.04. The molecule has 90 valence electrons. The highest BCUT2D eigenvalue weighted by atomic mass is 19.1. The summed E-state index contributed by atoms with van der Waals surface area (Å²) in [7, 11) is 1.91. The van der Waals surface area contributed by atoms with E-state index in [-0.39, 0.29) is 12.4 Å². The van der Waals surface area contributed by atoms with Crippen LogP contribution in [0.15, 0.2) is 24.3 Å². The van der Waals surface area contributed by atoms with E-state index in [1.54, 1.807) is 6.07 Å². The van der Waals surface area contributed by atoms with Gasteiger partial charge in [0.05, 0.1) is 6.10 Å². The predicted octanol–water partition coefficient (Wildman–Crippen LogP) is 0.620. The Hall–Kier alpha value is -0.970. The fourth-order valence-electron chi connectivity index (χ4n) is 1.54. The molecular formula is C12H19FN2O. The maximum Gasteiger partial charge on any atom is 0.123 e. The van der Waals surface area contributed by atoms with Crippen molar-refractivity contribution in [1.82, 2.24) is 4.90 Å². The first kappa shape index (κ1) is 13.1. The third kappa shape index (κ3) is 4.70. The summed E-state index contributed by atoms with van der Waals surface area (Å²) >= 11 is 0. The van der Waals surface area contributed by atoms with Gasteiger partial charge in [0.15, 0.2) is 0 Å². The van der Waals surface area contributed by atoms with Crippen LogP contribution in [0, 0.1) is 5.82 Å². The maximum atomic E-state index is 12.9. The smallest absolute Gasteiger partial charge is 0.123 e. The molecule has 1 atom stereocenters. The van der Waals surface area contributed by atoms with Crippen molar-refractivity contribution >= 4 is 0 Å². The zero-order valence-electron chi connectivity index (χ0n) is 9.56. The summed E-state index contributed by atoms with van der Waals surface area (Å²) in [6.45, 7) is 1.59. The summed E-state index contributed by atoms with van der Waals surface area (Å²) in [6.07, 6.45) is 0.281. The molecule has 1 unspecified atom stereocenters. The number of aliphatic hydroxyl groups excluding tert-OH is 1. The van der Waals surface area contributed by atoms with Gasteiger partial charge in [-0.25, -0.2) is 4.39 Å². The molecule has 0 bridgehead atoms. The monoisotopic (exact) mass is 226 g/mol. The summed E-state index contributed by atoms with van der Waals surface area (Å²) < 4.78 is 12.9. The third-order valence-corrected chi connectivity index (χ3v) is 2.47. The van der Waals surface area contributed by atoms with Gasteiger partial charge in [-0.15, -0.1) is 0 Å². The van der Waals surface area contributed by atoms with Crippen LogP contribution in [0.2, 0.25) is 0 Å². The Kier molecular flexibility index (Phi) is 5.38. The average molecular weight is 226 g/mol. The third-order valence-electron chi connectivity index (χ3n) is 2.47. The summed E-state index contributed by atoms with van der Waals surface area (Å²) in [5.74, 6) is -0.206. The highest BCUT2D eigenvalue weighted by molar-refractivity contribution is 5.16. The Morgan fingerprint density at radius 3 is 2.88 bits per heavy atom. The van der Waals surface area contributed by atoms with Gasteiger partial charge < -0.3 is 15.7 Å². The van der Waals surface area contributed by atoms with E-state index in [1.165, 1.54) is 12.1 Å². The standard InChI is InChI=1S/C12H19FN2O/c1-15(9-12(16)8-14)6-5-10-3-2-4-11(13)7-10/h2-4,7,12,16H,5-6,8-9,14H2,1H3. The van der Waals surface area contributed by atoms with E-state index in [0.29, 0.717) is 6.54 Å². The van der Waals surface area contributed by atoms with Crippen LogP contribution >= 0.6 is 0 Å². The van der Waals surface area contributed by atoms with Crippen LogP contribution in [-0.2, 0) is 6.42 Å². The molecule has 0 spiro atoms. The molecule has 4 heteroatoms. The van der Waals surface area contributed by atoms with Gasteiger partial charge in [-0.05, 0) is 31.2 Å². The summed E-state index contributed by atoms with van der Waals surface area (Å²) in [5, 5.41) is 9.34. The Bertz CT molecular complexity index is 320. The van der Waals surface area contributed by atoms with Crippen LogP contribution in [0.25, 0.3) is 0 Å². The molecular weight excluding hydrogens is 207 g/mol. The Morgan fingerprint density at radius 1 is 1.50 bits per heavy atom. The van der Waals surface area contributed by atoms with Crippen LogP contribution < -0.4 is 5.73 Å². The van der Waals surface area contributed by atoms with Crippen LogP contribution in [0.3, 0.4) is 0 Å². The quantitative estimate of drug-likeness (QED) is 0.747. The fourth-order valence-corrected chi connectivity index (χ4v) is 1.54. The minimum absolute atomic E-state index is 0.206. The van der Waals surface area contributed by atoms with Gasteiger partial charge >= 0.3 is 0 Å². The first-order valence-electron chi connectivity index (χ1n) is 5.43. The maximum absolute atomic E-state index is 12.9. The lowest BCUT2D eigenvalue weighted by Crippen LogP contribution is -2.35. The first-order valence-corrected chi connectivity index (χ1v) is 5.43. The SMILES string of the molecule is CN(CCc1cccc(F)c1)CC(O)CN. The molecule has 0 heterocycles. The van der Waals surface area contributed by atoms with Gasteiger partial charge in [-0.2, -0.15) is 0 Å². The van der Waals surface area contributed by atoms with E-state index >= 15 is 0 Å². The Balaban J connectivity index is 2.34. The van der Waals surface area contributed by atoms with Gasteiger partial charge in [0, 0.05) is 19.6 Å². The first-order chi connectivity index (χ1) is 7.61. The second-order valence-corrected chi connectivity index (χ2v) is 4.03. The second-order valence-electron chi connectivity index (χ2n) is 4.03. The van der Waals surface area contributed by atoms with Crippen LogP contribution in [0.1, 0.15) is 5.56 Å². The number of rotatable bonds is 6. The molecule has 3 nitrogen and oxygen atoms in total. The molecule has 1 rings (SSSR count). The van der Waals surface area contributed by atoms with E-state index in [2.05, 4.69) is 0 Å². The van der Waals surface area contributed by atoms with Crippen molar-refractivity contribution in [2.45, 2.75) is 12.5 Å². The Labute approximate surface area is 95.7 Å². The minimum atomic E-state index is -0.488. The van der Waals surface area contributed by atoms with Crippen molar-refractivity contribution in [2.75, 3.05) is 26.7 Å². The minimum Gasteiger partial charge on any atom is -0.390 e. The van der Waals surface area contributed by atoms with Gasteiger partial charge in [0.25, 0.3) is 0 Å². The molecule has 0 fully saturated rings. The van der Waals surface area contributed by atoms with Crippen molar-refractivity contribution in [3.05, 3.63) is 35.6 Å². The van der Waals surface area contributed by atoms with Crippen molar-refractivity contribution < 1.29 is 9.50 Å². The predicted molar refractivity (Wildman–Crippen MR) is 62.7 cm³/mol. The second kappa shape index (κ2) is 6.58. The number of nitrogens with zero attached hydrogens (tertiary/aromatic N) is 1. The summed E-state index contributed by atoms with van der Waals surface area (Å²) in [6, 6.07) is 6.58. The number of hydrogen-bond acceptors (Lipinski definition) is 3. The number of halogens is 1. The van der Waals surface area contributed by atoms with E-state index in [1.807, 2.05) is 18.0 Å². The van der Waals surface area contributed by atoms with Gasteiger partial charge in [-0.3, -0.25) is 0 Å². The van der Waals surface area contributed by atoms with E-state index in [9.17, 15) is 9.50 Å². The van der Waals surface area contributed by atoms with E-state index < -0.39 is 6.10 Å². The van der Waals surface area contributed by atoms with Crippen molar-refractivity contribution in [1.29, 1.82) is 0 Å². The van der Waals surface area contributed by atoms with Crippen molar-refractivity contribution in [3.8, 4) is 0 Å². The highest BCUT2D eigenvalue weighted by Gasteiger charge is 2.06. The zero-order chi connectivity index (χ0) is 12.0. The summed E-state index contributed by atoms with van der Waals surface area (Å²) in [5.41, 5.74) is 6.29. The number of likely N-dealkylation sites (N-methyl/N-ethyl adjacent to an activating group) is 1. The largest absolute Gasteiger partial charge is 0.390 e. The number of nitrogens with two attached hydrogens (primary N) is 1. The molecule has 0 amide bonds. The molecule has 0 saturated carbocycles. The lowest BCUT2D eigenvalue weighted by atomic mass is 10.1. The Morgan fingerprint density at radius 2 is 2.25 bits per heavy atom. The molecule has 0 radical (unpaired) electrons. The van der Waals surface area contributed by atoms with Crippen LogP contribution in [0.5, 0.6) is 0 Å². The van der Waals surface area contributed by atoms with Crippen LogP contribution in [-0.4, -0.2) is 42.8 Å². The van der Waals surface area contributed by atoms with E-state index in [0.717, 1.165) is 18.5 Å². The lowest BCUT2D eigenvalue weighted by Gasteiger charge is -2.19. The molecule has 0 aliphatic carbocycles.